The molecule has 0 saturated heterocycles. The molecule has 0 radical (unpaired) electrons. The van der Waals surface area contributed by atoms with Gasteiger partial charge in [-0.15, -0.1) is 0 Å². The average Bonchev–Trinajstić information content (AvgIpc) is 2.78. The topological polar surface area (TPSA) is 4.36 Å². The Morgan fingerprint density at radius 1 is 1.13 bits per heavy atom. The van der Waals surface area contributed by atoms with Crippen molar-refractivity contribution in [2.45, 2.75) is 37.5 Å². The molecule has 0 spiro atoms. The Morgan fingerprint density at radius 3 is 2.40 bits per heavy atom. The zero-order chi connectivity index (χ0) is 10.6. The zero-order valence-corrected chi connectivity index (χ0v) is 9.08. The van der Waals surface area contributed by atoms with Crippen molar-refractivity contribution in [3.8, 4) is 0 Å². The molecule has 15 heavy (non-hydrogen) atoms. The van der Waals surface area contributed by atoms with E-state index >= 15 is 0 Å². The minimum Gasteiger partial charge on any atom is -0.317 e. The van der Waals surface area contributed by atoms with E-state index in [-0.39, 0.29) is 0 Å². The van der Waals surface area contributed by atoms with Gasteiger partial charge in [0.2, 0.25) is 6.54 Å². The molecule has 1 aliphatic rings. The van der Waals surface area contributed by atoms with Crippen molar-refractivity contribution in [1.82, 2.24) is 0 Å². The van der Waals surface area contributed by atoms with Gasteiger partial charge in [0.05, 0.1) is 0 Å². The van der Waals surface area contributed by atoms with Crippen LogP contribution in [0.4, 0.5) is 0 Å². The number of nitrogens with zero attached hydrogens (tertiary/aromatic N) is 1. The SMILES string of the molecule is [C-]#[N+]CCC1(c2ccccc2)CCCC1. The summed E-state index contributed by atoms with van der Waals surface area (Å²) in [4.78, 5) is 3.52. The van der Waals surface area contributed by atoms with E-state index in [0.717, 1.165) is 6.42 Å². The third-order valence-electron chi connectivity index (χ3n) is 3.65. The van der Waals surface area contributed by atoms with Gasteiger partial charge in [-0.2, -0.15) is 0 Å². The molecule has 78 valence electrons. The summed E-state index contributed by atoms with van der Waals surface area (Å²) in [6.07, 6.45) is 6.24. The van der Waals surface area contributed by atoms with Crippen molar-refractivity contribution in [2.75, 3.05) is 6.54 Å². The van der Waals surface area contributed by atoms with E-state index in [1.807, 2.05) is 0 Å². The maximum absolute atomic E-state index is 6.94. The van der Waals surface area contributed by atoms with Gasteiger partial charge in [0, 0.05) is 11.8 Å². The zero-order valence-electron chi connectivity index (χ0n) is 9.08. The highest BCUT2D eigenvalue weighted by atomic mass is 14.6. The molecule has 0 aliphatic heterocycles. The summed E-state index contributed by atoms with van der Waals surface area (Å²) in [5, 5.41) is 0. The third-order valence-corrected chi connectivity index (χ3v) is 3.65. The van der Waals surface area contributed by atoms with E-state index in [4.69, 9.17) is 6.57 Å². The van der Waals surface area contributed by atoms with E-state index in [1.165, 1.54) is 31.2 Å². The lowest BCUT2D eigenvalue weighted by molar-refractivity contribution is 0.421. The molecule has 0 amide bonds. The van der Waals surface area contributed by atoms with Crippen LogP contribution in [0.3, 0.4) is 0 Å². The lowest BCUT2D eigenvalue weighted by Gasteiger charge is -2.27. The first kappa shape index (κ1) is 10.2. The molecule has 1 heteroatoms. The summed E-state index contributed by atoms with van der Waals surface area (Å²) in [5.41, 5.74) is 1.78. The predicted octanol–water partition coefficient (Wildman–Crippen LogP) is 3.81. The average molecular weight is 199 g/mol. The van der Waals surface area contributed by atoms with E-state index in [0.29, 0.717) is 12.0 Å². The minimum absolute atomic E-state index is 0.325. The molecular weight excluding hydrogens is 182 g/mol. The second-order valence-corrected chi connectivity index (χ2v) is 4.49. The third kappa shape index (κ3) is 2.04. The summed E-state index contributed by atoms with van der Waals surface area (Å²) in [6.45, 7) is 7.62. The van der Waals surface area contributed by atoms with Crippen LogP contribution in [0, 0.1) is 6.57 Å². The van der Waals surface area contributed by atoms with Crippen LogP contribution < -0.4 is 0 Å². The highest BCUT2D eigenvalue weighted by Crippen LogP contribution is 2.43. The van der Waals surface area contributed by atoms with Gasteiger partial charge in [-0.1, -0.05) is 43.2 Å². The summed E-state index contributed by atoms with van der Waals surface area (Å²) in [5.74, 6) is 0. The Hall–Kier alpha value is -1.29. The molecule has 0 N–H and O–H groups in total. The van der Waals surface area contributed by atoms with Crippen molar-refractivity contribution in [1.29, 1.82) is 0 Å². The number of hydrogen-bond donors (Lipinski definition) is 0. The van der Waals surface area contributed by atoms with Gasteiger partial charge in [0.25, 0.3) is 0 Å². The van der Waals surface area contributed by atoms with Crippen LogP contribution in [-0.4, -0.2) is 6.54 Å². The normalized spacial score (nSPS) is 18.6. The van der Waals surface area contributed by atoms with Gasteiger partial charge in [-0.25, -0.2) is 6.57 Å². The standard InChI is InChI=1S/C14H17N/c1-15-12-11-14(9-5-6-10-14)13-7-3-2-4-8-13/h2-4,7-8H,5-6,9-12H2. The van der Waals surface area contributed by atoms with Gasteiger partial charge >= 0.3 is 0 Å². The Bertz CT molecular complexity index is 341. The molecule has 0 unspecified atom stereocenters. The lowest BCUT2D eigenvalue weighted by Crippen LogP contribution is -2.22. The van der Waals surface area contributed by atoms with Crippen molar-refractivity contribution < 1.29 is 0 Å². The lowest BCUT2D eigenvalue weighted by atomic mass is 9.76. The van der Waals surface area contributed by atoms with Crippen molar-refractivity contribution in [2.24, 2.45) is 0 Å². The Morgan fingerprint density at radius 2 is 1.80 bits per heavy atom. The minimum atomic E-state index is 0.325. The van der Waals surface area contributed by atoms with Crippen LogP contribution in [0.2, 0.25) is 0 Å². The molecule has 1 aliphatic carbocycles. The van der Waals surface area contributed by atoms with Crippen LogP contribution in [-0.2, 0) is 5.41 Å². The molecular formula is C14H17N. The number of rotatable bonds is 3. The first-order valence-electron chi connectivity index (χ1n) is 5.76. The second-order valence-electron chi connectivity index (χ2n) is 4.49. The fourth-order valence-corrected chi connectivity index (χ4v) is 2.80. The molecule has 2 rings (SSSR count). The number of hydrogen-bond acceptors (Lipinski definition) is 0. The maximum atomic E-state index is 6.94. The van der Waals surface area contributed by atoms with Gasteiger partial charge in [-0.3, -0.25) is 0 Å². The predicted molar refractivity (Wildman–Crippen MR) is 62.7 cm³/mol. The smallest absolute Gasteiger partial charge is 0.215 e. The maximum Gasteiger partial charge on any atom is 0.215 e. The van der Waals surface area contributed by atoms with Gasteiger partial charge < -0.3 is 4.85 Å². The fourth-order valence-electron chi connectivity index (χ4n) is 2.80. The highest BCUT2D eigenvalue weighted by molar-refractivity contribution is 5.26. The summed E-state index contributed by atoms with van der Waals surface area (Å²) in [7, 11) is 0. The molecule has 1 aromatic carbocycles. The molecule has 1 nitrogen and oxygen atoms in total. The largest absolute Gasteiger partial charge is 0.317 e. The molecule has 0 bridgehead atoms. The van der Waals surface area contributed by atoms with Crippen molar-refractivity contribution in [3.05, 3.63) is 47.3 Å². The summed E-state index contributed by atoms with van der Waals surface area (Å²) < 4.78 is 0. The fraction of sp³-hybridized carbons (Fsp3) is 0.500. The van der Waals surface area contributed by atoms with E-state index in [9.17, 15) is 0 Å². The molecule has 0 heterocycles. The van der Waals surface area contributed by atoms with Crippen LogP contribution in [0.1, 0.15) is 37.7 Å². The van der Waals surface area contributed by atoms with Crippen molar-refractivity contribution >= 4 is 0 Å². The second kappa shape index (κ2) is 4.49. The van der Waals surface area contributed by atoms with Crippen LogP contribution in [0.15, 0.2) is 30.3 Å². The Balaban J connectivity index is 2.23. The monoisotopic (exact) mass is 199 g/mol. The first-order valence-corrected chi connectivity index (χ1v) is 5.76. The number of benzene rings is 1. The molecule has 1 fully saturated rings. The quantitative estimate of drug-likeness (QED) is 0.652. The van der Waals surface area contributed by atoms with E-state index in [2.05, 4.69) is 35.2 Å². The van der Waals surface area contributed by atoms with Crippen LogP contribution in [0.25, 0.3) is 4.85 Å². The van der Waals surface area contributed by atoms with Gasteiger partial charge in [0.1, 0.15) is 0 Å². The summed E-state index contributed by atoms with van der Waals surface area (Å²) in [6, 6.07) is 10.8. The molecule has 0 aromatic heterocycles. The van der Waals surface area contributed by atoms with Gasteiger partial charge in [-0.05, 0) is 18.4 Å². The molecule has 0 atom stereocenters. The first-order chi connectivity index (χ1) is 7.37. The van der Waals surface area contributed by atoms with Gasteiger partial charge in [0.15, 0.2) is 0 Å². The highest BCUT2D eigenvalue weighted by Gasteiger charge is 2.35. The van der Waals surface area contributed by atoms with Crippen LogP contribution >= 0.6 is 0 Å². The Kier molecular flexibility index (Phi) is 3.06. The molecule has 1 aromatic rings. The summed E-state index contributed by atoms with van der Waals surface area (Å²) >= 11 is 0. The van der Waals surface area contributed by atoms with Crippen LogP contribution in [0.5, 0.6) is 0 Å². The molecule has 1 saturated carbocycles. The van der Waals surface area contributed by atoms with Crippen molar-refractivity contribution in [3.63, 3.8) is 0 Å². The Labute approximate surface area is 91.9 Å². The van der Waals surface area contributed by atoms with E-state index in [1.54, 1.807) is 0 Å². The van der Waals surface area contributed by atoms with E-state index < -0.39 is 0 Å².